The first-order chi connectivity index (χ1) is 21.2. The van der Waals surface area contributed by atoms with Crippen molar-refractivity contribution in [2.24, 2.45) is 5.92 Å². The van der Waals surface area contributed by atoms with Crippen LogP contribution < -0.4 is 5.32 Å². The number of nitrogens with zero attached hydrogens (tertiary/aromatic N) is 2. The zero-order valence-electron chi connectivity index (χ0n) is 23.4. The lowest BCUT2D eigenvalue weighted by Gasteiger charge is -2.41. The smallest absolute Gasteiger partial charge is 0.346 e. The van der Waals surface area contributed by atoms with Crippen LogP contribution in [0.15, 0.2) is 73.1 Å². The van der Waals surface area contributed by atoms with Gasteiger partial charge in [0.15, 0.2) is 11.4 Å². The lowest BCUT2D eigenvalue weighted by molar-refractivity contribution is -0.276. The van der Waals surface area contributed by atoms with E-state index >= 15 is 0 Å². The Balaban J connectivity index is 1.17. The number of hydrogen-bond donors (Lipinski definition) is 2. The van der Waals surface area contributed by atoms with Crippen LogP contribution in [0.2, 0.25) is 10.3 Å². The predicted molar refractivity (Wildman–Crippen MR) is 159 cm³/mol. The highest BCUT2D eigenvalue weighted by Crippen LogP contribution is 2.42. The highest BCUT2D eigenvalue weighted by molar-refractivity contribution is 6.40. The standard InChI is InChI=1S/C32H27Cl2N3O7/c1-17-25(14-37-16-36-27(33)28(37)34)42-32(43-26(17)20-6-4-19(15-38)5-7-20)21-8-2-18(3-9-21)13-35-29(39)22-10-11-23-24(12-22)31(41)44-30(23)40/h2-12,16-17,25-26,32,38H,13-15H2,1H3,(H,35,39). The highest BCUT2D eigenvalue weighted by atomic mass is 35.5. The number of nitrogens with one attached hydrogen (secondary N) is 1. The Hall–Kier alpha value is -4.06. The molecule has 1 saturated heterocycles. The first-order valence-electron chi connectivity index (χ1n) is 13.9. The number of halogens is 2. The minimum Gasteiger partial charge on any atom is -0.392 e. The number of hydrogen-bond acceptors (Lipinski definition) is 8. The molecule has 2 aliphatic heterocycles. The molecule has 0 spiro atoms. The van der Waals surface area contributed by atoms with E-state index < -0.39 is 24.1 Å². The summed E-state index contributed by atoms with van der Waals surface area (Å²) in [7, 11) is 0. The van der Waals surface area contributed by atoms with Crippen LogP contribution in [0.1, 0.15) is 72.6 Å². The molecule has 10 nitrogen and oxygen atoms in total. The van der Waals surface area contributed by atoms with Gasteiger partial charge in [-0.25, -0.2) is 14.6 Å². The molecule has 0 aliphatic carbocycles. The summed E-state index contributed by atoms with van der Waals surface area (Å²) in [5, 5.41) is 12.9. The molecular formula is C32H27Cl2N3O7. The van der Waals surface area contributed by atoms with Gasteiger partial charge >= 0.3 is 11.9 Å². The van der Waals surface area contributed by atoms with Gasteiger partial charge in [0.2, 0.25) is 0 Å². The second kappa shape index (κ2) is 12.5. The third kappa shape index (κ3) is 5.99. The molecule has 0 bridgehead atoms. The van der Waals surface area contributed by atoms with E-state index in [1.165, 1.54) is 18.2 Å². The first kappa shape index (κ1) is 30.0. The van der Waals surface area contributed by atoms with Gasteiger partial charge in [-0.1, -0.05) is 78.7 Å². The summed E-state index contributed by atoms with van der Waals surface area (Å²) in [6.07, 6.45) is 0.253. The Morgan fingerprint density at radius 3 is 2.30 bits per heavy atom. The number of rotatable bonds is 8. The van der Waals surface area contributed by atoms with Gasteiger partial charge in [-0.2, -0.15) is 0 Å². The average Bonchev–Trinajstić information content (AvgIpc) is 3.52. The predicted octanol–water partition coefficient (Wildman–Crippen LogP) is 5.41. The van der Waals surface area contributed by atoms with E-state index in [0.29, 0.717) is 11.7 Å². The van der Waals surface area contributed by atoms with E-state index in [-0.39, 0.29) is 53.1 Å². The topological polar surface area (TPSA) is 129 Å². The lowest BCUT2D eigenvalue weighted by atomic mass is 9.90. The lowest BCUT2D eigenvalue weighted by Crippen LogP contribution is -2.39. The van der Waals surface area contributed by atoms with Gasteiger partial charge in [-0.3, -0.25) is 4.79 Å². The summed E-state index contributed by atoms with van der Waals surface area (Å²) < 4.78 is 19.3. The molecule has 226 valence electrons. The number of carbonyl (C=O) groups excluding carboxylic acids is 3. The number of aromatic nitrogens is 2. The number of aliphatic hydroxyl groups is 1. The van der Waals surface area contributed by atoms with Gasteiger partial charge in [-0.05, 0) is 34.9 Å². The number of amides is 1. The molecule has 3 aromatic carbocycles. The van der Waals surface area contributed by atoms with Crippen molar-refractivity contribution in [1.29, 1.82) is 0 Å². The van der Waals surface area contributed by atoms with Gasteiger partial charge in [0.05, 0.1) is 42.8 Å². The van der Waals surface area contributed by atoms with Gasteiger partial charge < -0.3 is 29.2 Å². The Morgan fingerprint density at radius 1 is 0.932 bits per heavy atom. The molecule has 0 saturated carbocycles. The molecule has 1 aromatic heterocycles. The number of fused-ring (bicyclic) bond motifs is 1. The SMILES string of the molecule is CC1C(Cn2cnc(Cl)c2Cl)OC(c2ccc(CNC(=O)c3ccc4c(c3)C(=O)OC4=O)cc2)OC1c1ccc(CO)cc1. The number of benzene rings is 3. The normalized spacial score (nSPS) is 21.2. The summed E-state index contributed by atoms with van der Waals surface area (Å²) in [4.78, 5) is 40.3. The summed E-state index contributed by atoms with van der Waals surface area (Å²) in [6, 6.07) is 19.4. The zero-order chi connectivity index (χ0) is 31.0. The van der Waals surface area contributed by atoms with E-state index in [1.807, 2.05) is 55.5 Å². The van der Waals surface area contributed by atoms with Crippen LogP contribution in [0.4, 0.5) is 0 Å². The maximum absolute atomic E-state index is 12.7. The Kier molecular flexibility index (Phi) is 8.53. The monoisotopic (exact) mass is 635 g/mol. The maximum atomic E-state index is 12.7. The van der Waals surface area contributed by atoms with Crippen molar-refractivity contribution in [3.63, 3.8) is 0 Å². The van der Waals surface area contributed by atoms with Crippen LogP contribution >= 0.6 is 23.2 Å². The number of imidazole rings is 1. The summed E-state index contributed by atoms with van der Waals surface area (Å²) in [5.74, 6) is -1.95. The van der Waals surface area contributed by atoms with E-state index in [9.17, 15) is 19.5 Å². The second-order valence-corrected chi connectivity index (χ2v) is 11.4. The molecule has 2 N–H and O–H groups in total. The number of carbonyl (C=O) groups is 3. The Labute approximate surface area is 262 Å². The number of ether oxygens (including phenoxy) is 3. The van der Waals surface area contributed by atoms with Crippen LogP contribution in [-0.2, 0) is 33.9 Å². The molecule has 1 amide bonds. The molecule has 0 radical (unpaired) electrons. The van der Waals surface area contributed by atoms with E-state index in [0.717, 1.165) is 22.3 Å². The Bertz CT molecular complexity index is 1720. The summed E-state index contributed by atoms with van der Waals surface area (Å²) >= 11 is 12.4. The molecule has 44 heavy (non-hydrogen) atoms. The quantitative estimate of drug-likeness (QED) is 0.194. The first-order valence-corrected chi connectivity index (χ1v) is 14.6. The van der Waals surface area contributed by atoms with E-state index in [2.05, 4.69) is 15.0 Å². The zero-order valence-corrected chi connectivity index (χ0v) is 24.9. The van der Waals surface area contributed by atoms with Crippen molar-refractivity contribution in [2.45, 2.75) is 45.1 Å². The van der Waals surface area contributed by atoms with E-state index in [1.54, 1.807) is 10.9 Å². The fourth-order valence-electron chi connectivity index (χ4n) is 5.30. The summed E-state index contributed by atoms with van der Waals surface area (Å²) in [5.41, 5.74) is 3.83. The minimum atomic E-state index is -0.764. The van der Waals surface area contributed by atoms with Crippen LogP contribution in [0.25, 0.3) is 0 Å². The second-order valence-electron chi connectivity index (χ2n) is 10.7. The molecule has 12 heteroatoms. The molecule has 1 fully saturated rings. The highest BCUT2D eigenvalue weighted by Gasteiger charge is 2.39. The van der Waals surface area contributed by atoms with Crippen LogP contribution in [-0.4, -0.2) is 38.6 Å². The molecular weight excluding hydrogens is 609 g/mol. The average molecular weight is 636 g/mol. The molecule has 4 unspecified atom stereocenters. The molecule has 3 heterocycles. The number of esters is 2. The molecule has 4 aromatic rings. The number of aliphatic hydroxyl groups excluding tert-OH is 1. The van der Waals surface area contributed by atoms with Crippen LogP contribution in [0.5, 0.6) is 0 Å². The molecule has 6 rings (SSSR count). The van der Waals surface area contributed by atoms with Gasteiger partial charge in [0.25, 0.3) is 5.91 Å². The van der Waals surface area contributed by atoms with Crippen molar-refractivity contribution < 1.29 is 33.7 Å². The molecule has 2 aliphatic rings. The largest absolute Gasteiger partial charge is 0.392 e. The molecule has 4 atom stereocenters. The van der Waals surface area contributed by atoms with Crippen LogP contribution in [0.3, 0.4) is 0 Å². The van der Waals surface area contributed by atoms with Crippen molar-refractivity contribution in [3.8, 4) is 0 Å². The summed E-state index contributed by atoms with van der Waals surface area (Å²) in [6.45, 7) is 2.63. The van der Waals surface area contributed by atoms with Crippen molar-refractivity contribution in [1.82, 2.24) is 14.9 Å². The number of cyclic esters (lactones) is 2. The fourth-order valence-corrected chi connectivity index (χ4v) is 5.61. The third-order valence-electron chi connectivity index (χ3n) is 7.84. The maximum Gasteiger partial charge on any atom is 0.346 e. The Morgan fingerprint density at radius 2 is 1.61 bits per heavy atom. The fraction of sp³-hybridized carbons (Fsp3) is 0.250. The van der Waals surface area contributed by atoms with Gasteiger partial charge in [0.1, 0.15) is 5.15 Å². The van der Waals surface area contributed by atoms with E-state index in [4.69, 9.17) is 32.7 Å². The van der Waals surface area contributed by atoms with Crippen molar-refractivity contribution in [2.75, 3.05) is 0 Å². The van der Waals surface area contributed by atoms with Crippen molar-refractivity contribution >= 4 is 41.0 Å². The van der Waals surface area contributed by atoms with Crippen LogP contribution in [0, 0.1) is 5.92 Å². The third-order valence-corrected chi connectivity index (χ3v) is 8.61. The van der Waals surface area contributed by atoms with Gasteiger partial charge in [0, 0.05) is 23.6 Å². The minimum absolute atomic E-state index is 0.0502. The van der Waals surface area contributed by atoms with Gasteiger partial charge in [-0.15, -0.1) is 0 Å². The van der Waals surface area contributed by atoms with Crippen molar-refractivity contribution in [3.05, 3.63) is 122 Å².